The zero-order valence-corrected chi connectivity index (χ0v) is 15.6. The first kappa shape index (κ1) is 17.6. The molecule has 0 fully saturated rings. The molecule has 0 aliphatic heterocycles. The van der Waals surface area contributed by atoms with Crippen LogP contribution in [-0.2, 0) is 18.3 Å². The summed E-state index contributed by atoms with van der Waals surface area (Å²) in [5.74, 6) is -0.352. The fourth-order valence-corrected chi connectivity index (χ4v) is 3.54. The van der Waals surface area contributed by atoms with Gasteiger partial charge in [-0.3, -0.25) is 4.79 Å². The summed E-state index contributed by atoms with van der Waals surface area (Å²) in [6.45, 7) is 0.467. The minimum atomic E-state index is -0.352. The van der Waals surface area contributed by atoms with Crippen molar-refractivity contribution in [1.29, 1.82) is 5.26 Å². The number of hydrogen-bond acceptors (Lipinski definition) is 2. The van der Waals surface area contributed by atoms with E-state index >= 15 is 0 Å². The lowest BCUT2D eigenvalue weighted by Gasteiger charge is -2.04. The Balaban J connectivity index is 1.48. The van der Waals surface area contributed by atoms with Crippen molar-refractivity contribution in [2.75, 3.05) is 6.54 Å². The third-order valence-electron chi connectivity index (χ3n) is 4.95. The third kappa shape index (κ3) is 3.28. The van der Waals surface area contributed by atoms with E-state index in [1.165, 1.54) is 0 Å². The number of carbonyl (C=O) groups is 1. The first-order valence-electron chi connectivity index (χ1n) is 9.16. The van der Waals surface area contributed by atoms with Gasteiger partial charge in [-0.05, 0) is 30.2 Å². The molecule has 138 valence electrons. The number of hydrogen-bond donors (Lipinski definition) is 2. The zero-order chi connectivity index (χ0) is 19.5. The topological polar surface area (TPSA) is 73.6 Å². The average Bonchev–Trinajstić information content (AvgIpc) is 3.27. The maximum atomic E-state index is 12.5. The van der Waals surface area contributed by atoms with E-state index in [9.17, 15) is 10.1 Å². The van der Waals surface area contributed by atoms with Crippen LogP contribution in [0.1, 0.15) is 11.1 Å². The molecular formula is C23H20N4O. The second-order valence-electron chi connectivity index (χ2n) is 6.75. The number of fused-ring (bicyclic) bond motifs is 2. The Morgan fingerprint density at radius 3 is 2.75 bits per heavy atom. The number of rotatable bonds is 5. The molecule has 0 aliphatic rings. The van der Waals surface area contributed by atoms with Crippen molar-refractivity contribution >= 4 is 33.8 Å². The highest BCUT2D eigenvalue weighted by atomic mass is 16.1. The SMILES string of the molecule is Cn1cc(C=C(C#N)C(=O)NCCc2c[nH]c3ccccc23)c2ccccc21. The number of nitrogens with zero attached hydrogens (tertiary/aromatic N) is 2. The molecule has 2 N–H and O–H groups in total. The maximum absolute atomic E-state index is 12.5. The summed E-state index contributed by atoms with van der Waals surface area (Å²) in [7, 11) is 1.95. The van der Waals surface area contributed by atoms with Gasteiger partial charge in [-0.1, -0.05) is 36.4 Å². The van der Waals surface area contributed by atoms with Crippen molar-refractivity contribution in [3.8, 4) is 6.07 Å². The minimum absolute atomic E-state index is 0.107. The van der Waals surface area contributed by atoms with Gasteiger partial charge in [0.25, 0.3) is 5.91 Å². The van der Waals surface area contributed by atoms with E-state index in [2.05, 4.69) is 16.4 Å². The summed E-state index contributed by atoms with van der Waals surface area (Å²) >= 11 is 0. The number of aromatic nitrogens is 2. The number of H-pyrrole nitrogens is 1. The van der Waals surface area contributed by atoms with Gasteiger partial charge in [-0.2, -0.15) is 5.26 Å². The molecule has 0 saturated carbocycles. The van der Waals surface area contributed by atoms with Crippen molar-refractivity contribution < 1.29 is 4.79 Å². The summed E-state index contributed by atoms with van der Waals surface area (Å²) in [6, 6.07) is 18.0. The highest BCUT2D eigenvalue weighted by Gasteiger charge is 2.12. The molecule has 5 nitrogen and oxygen atoms in total. The summed E-state index contributed by atoms with van der Waals surface area (Å²) < 4.78 is 1.99. The number of para-hydroxylation sites is 2. The number of benzene rings is 2. The third-order valence-corrected chi connectivity index (χ3v) is 4.95. The van der Waals surface area contributed by atoms with E-state index in [4.69, 9.17) is 0 Å². The van der Waals surface area contributed by atoms with Gasteiger partial charge in [0.2, 0.25) is 0 Å². The molecule has 4 rings (SSSR count). The number of amides is 1. The standard InChI is InChI=1S/C23H20N4O/c1-27-15-18(20-7-3-5-9-22(20)27)12-17(13-24)23(28)25-11-10-16-14-26-21-8-4-2-6-19(16)21/h2-9,12,14-15,26H,10-11H2,1H3,(H,25,28). The van der Waals surface area contributed by atoms with Crippen LogP contribution in [0.2, 0.25) is 0 Å². The van der Waals surface area contributed by atoms with Crippen molar-refractivity contribution in [3.63, 3.8) is 0 Å². The fourth-order valence-electron chi connectivity index (χ4n) is 3.54. The summed E-state index contributed by atoms with van der Waals surface area (Å²) in [5.41, 5.74) is 4.26. The monoisotopic (exact) mass is 368 g/mol. The first-order valence-corrected chi connectivity index (χ1v) is 9.16. The van der Waals surface area contributed by atoms with E-state index in [-0.39, 0.29) is 11.5 Å². The van der Waals surface area contributed by atoms with Crippen LogP contribution < -0.4 is 5.32 Å². The van der Waals surface area contributed by atoms with Crippen LogP contribution in [0.5, 0.6) is 0 Å². The molecule has 2 aromatic heterocycles. The highest BCUT2D eigenvalue weighted by molar-refractivity contribution is 6.04. The first-order chi connectivity index (χ1) is 13.7. The molecule has 0 radical (unpaired) electrons. The van der Waals surface area contributed by atoms with Gasteiger partial charge in [0, 0.05) is 53.4 Å². The van der Waals surface area contributed by atoms with Gasteiger partial charge in [0.15, 0.2) is 0 Å². The lowest BCUT2D eigenvalue weighted by atomic mass is 10.1. The Bertz CT molecular complexity index is 1240. The molecule has 0 aliphatic carbocycles. The van der Waals surface area contributed by atoms with Crippen LogP contribution in [0.3, 0.4) is 0 Å². The number of carbonyl (C=O) groups excluding carboxylic acids is 1. The van der Waals surface area contributed by atoms with Gasteiger partial charge in [0.1, 0.15) is 11.6 Å². The predicted molar refractivity (Wildman–Crippen MR) is 112 cm³/mol. The lowest BCUT2D eigenvalue weighted by molar-refractivity contribution is -0.117. The average molecular weight is 368 g/mol. The van der Waals surface area contributed by atoms with E-state index in [0.29, 0.717) is 13.0 Å². The molecule has 5 heteroatoms. The second-order valence-corrected chi connectivity index (χ2v) is 6.75. The lowest BCUT2D eigenvalue weighted by Crippen LogP contribution is -2.26. The highest BCUT2D eigenvalue weighted by Crippen LogP contribution is 2.22. The number of aryl methyl sites for hydroxylation is 1. The summed E-state index contributed by atoms with van der Waals surface area (Å²) in [4.78, 5) is 15.7. The Morgan fingerprint density at radius 1 is 1.18 bits per heavy atom. The molecule has 0 unspecified atom stereocenters. The predicted octanol–water partition coefficient (Wildman–Crippen LogP) is 3.93. The summed E-state index contributed by atoms with van der Waals surface area (Å²) in [6.07, 6.45) is 6.25. The Labute approximate surface area is 162 Å². The van der Waals surface area contributed by atoms with E-state index in [0.717, 1.165) is 32.9 Å². The molecule has 2 heterocycles. The van der Waals surface area contributed by atoms with Gasteiger partial charge in [-0.25, -0.2) is 0 Å². The zero-order valence-electron chi connectivity index (χ0n) is 15.6. The van der Waals surface area contributed by atoms with E-state index in [1.54, 1.807) is 6.08 Å². The summed E-state index contributed by atoms with van der Waals surface area (Å²) in [5, 5.41) is 14.5. The van der Waals surface area contributed by atoms with Crippen LogP contribution in [0.4, 0.5) is 0 Å². The largest absolute Gasteiger partial charge is 0.361 e. The molecule has 1 amide bonds. The smallest absolute Gasteiger partial charge is 0.261 e. The minimum Gasteiger partial charge on any atom is -0.361 e. The molecule has 4 aromatic rings. The van der Waals surface area contributed by atoms with E-state index < -0.39 is 0 Å². The maximum Gasteiger partial charge on any atom is 0.261 e. The molecule has 0 atom stereocenters. The number of aromatic amines is 1. The van der Waals surface area contributed by atoms with Crippen LogP contribution in [0.15, 0.2) is 66.5 Å². The fraction of sp³-hybridized carbons (Fsp3) is 0.130. The van der Waals surface area contributed by atoms with Crippen molar-refractivity contribution in [1.82, 2.24) is 14.9 Å². The Morgan fingerprint density at radius 2 is 1.93 bits per heavy atom. The van der Waals surface area contributed by atoms with Gasteiger partial charge in [0.05, 0.1) is 0 Å². The van der Waals surface area contributed by atoms with E-state index in [1.807, 2.05) is 72.5 Å². The van der Waals surface area contributed by atoms with Crippen molar-refractivity contribution in [2.24, 2.45) is 7.05 Å². The van der Waals surface area contributed by atoms with Gasteiger partial charge in [-0.15, -0.1) is 0 Å². The van der Waals surface area contributed by atoms with Crippen LogP contribution in [-0.4, -0.2) is 22.0 Å². The van der Waals surface area contributed by atoms with Crippen LogP contribution in [0, 0.1) is 11.3 Å². The Kier molecular flexibility index (Phi) is 4.69. The molecule has 2 aromatic carbocycles. The normalized spacial score (nSPS) is 11.6. The quantitative estimate of drug-likeness (QED) is 0.414. The molecular weight excluding hydrogens is 348 g/mol. The molecule has 0 spiro atoms. The van der Waals surface area contributed by atoms with Crippen molar-refractivity contribution in [3.05, 3.63) is 77.6 Å². The second kappa shape index (κ2) is 7.45. The number of nitrogens with one attached hydrogen (secondary N) is 2. The molecule has 0 bridgehead atoms. The molecule has 0 saturated heterocycles. The van der Waals surface area contributed by atoms with Gasteiger partial charge < -0.3 is 14.9 Å². The van der Waals surface area contributed by atoms with Crippen LogP contribution >= 0.6 is 0 Å². The Hall–Kier alpha value is -3.78. The van der Waals surface area contributed by atoms with Crippen molar-refractivity contribution in [2.45, 2.75) is 6.42 Å². The molecule has 28 heavy (non-hydrogen) atoms. The number of nitriles is 1. The van der Waals surface area contributed by atoms with Gasteiger partial charge >= 0.3 is 0 Å². The van der Waals surface area contributed by atoms with Crippen LogP contribution in [0.25, 0.3) is 27.9 Å².